The van der Waals surface area contributed by atoms with Gasteiger partial charge in [0.05, 0.1) is 0 Å². The first kappa shape index (κ1) is 10.6. The van der Waals surface area contributed by atoms with Gasteiger partial charge in [-0.25, -0.2) is 0 Å². The van der Waals surface area contributed by atoms with Crippen molar-refractivity contribution < 1.29 is 21.1 Å². The molecule has 1 nitrogen and oxygen atoms in total. The van der Waals surface area contributed by atoms with Crippen LogP contribution in [0.1, 0.15) is 12.8 Å². The van der Waals surface area contributed by atoms with Crippen LogP contribution in [0.2, 0.25) is 0 Å². The van der Waals surface area contributed by atoms with Crippen LogP contribution in [-0.4, -0.2) is 25.0 Å². The smallest absolute Gasteiger partial charge is 0.365 e. The predicted octanol–water partition coefficient (Wildman–Crippen LogP) is 1.36. The molecule has 0 amide bonds. The molecular formula is C8H15NW. The number of rotatable bonds is 0. The van der Waals surface area contributed by atoms with Crippen molar-refractivity contribution >= 4 is 0 Å². The number of likely N-dealkylation sites (tertiary alicyclic amines) is 1. The van der Waals surface area contributed by atoms with E-state index in [2.05, 4.69) is 25.8 Å². The first-order valence-corrected chi connectivity index (χ1v) is 3.49. The van der Waals surface area contributed by atoms with E-state index in [-0.39, 0.29) is 26.5 Å². The molecule has 58 valence electrons. The normalized spacial score (nSPS) is 25.5. The molecule has 0 N–H and O–H groups in total. The van der Waals surface area contributed by atoms with Gasteiger partial charge in [-0.15, -0.1) is 0 Å². The van der Waals surface area contributed by atoms with Crippen molar-refractivity contribution in [2.75, 3.05) is 20.1 Å². The van der Waals surface area contributed by atoms with Gasteiger partial charge in [0.25, 0.3) is 0 Å². The Hall–Kier alpha value is 0.648. The maximum atomic E-state index is 4.03. The van der Waals surface area contributed by atoms with Crippen molar-refractivity contribution in [1.82, 2.24) is 4.90 Å². The minimum atomic E-state index is 0. The molecule has 0 aliphatic carbocycles. The van der Waals surface area contributed by atoms with E-state index in [4.69, 9.17) is 0 Å². The van der Waals surface area contributed by atoms with E-state index < -0.39 is 0 Å². The van der Waals surface area contributed by atoms with Crippen LogP contribution in [0.25, 0.3) is 0 Å². The van der Waals surface area contributed by atoms with E-state index in [9.17, 15) is 0 Å². The summed E-state index contributed by atoms with van der Waals surface area (Å²) in [4.78, 5) is 2.30. The fraction of sp³-hybridized carbons (Fsp3) is 0.750. The minimum Gasteiger partial charge on any atom is -0.365 e. The monoisotopic (exact) mass is 309 g/mol. The molecule has 2 heteroatoms. The first-order chi connectivity index (χ1) is 4.10. The quantitative estimate of drug-likeness (QED) is 0.611. The average molecular weight is 309 g/mol. The van der Waals surface area contributed by atoms with Crippen LogP contribution >= 0.6 is 0 Å². The number of nitrogens with zero attached hydrogens (tertiary/aromatic N) is 1. The molecule has 0 unspecified atom stereocenters. The Morgan fingerprint density at radius 2 is 2.00 bits per heavy atom. The summed E-state index contributed by atoms with van der Waals surface area (Å²) >= 11 is 0. The number of hydrogen-bond acceptors (Lipinski definition) is 1. The van der Waals surface area contributed by atoms with Crippen molar-refractivity contribution in [3.63, 3.8) is 0 Å². The zero-order chi connectivity index (χ0) is 6.91. The summed E-state index contributed by atoms with van der Waals surface area (Å²) in [7, 11) is 2.13. The molecule has 1 aliphatic rings. The van der Waals surface area contributed by atoms with Crippen molar-refractivity contribution in [2.24, 2.45) is 5.41 Å². The Morgan fingerprint density at radius 3 is 2.30 bits per heavy atom. The third-order valence-corrected chi connectivity index (χ3v) is 1.85. The van der Waals surface area contributed by atoms with Crippen LogP contribution in [0.3, 0.4) is 0 Å². The Morgan fingerprint density at radius 1 is 1.40 bits per heavy atom. The largest absolute Gasteiger partial charge is 2.00 e. The van der Waals surface area contributed by atoms with Gasteiger partial charge in [-0.3, -0.25) is 5.41 Å². The number of piperidine rings is 1. The summed E-state index contributed by atoms with van der Waals surface area (Å²) in [6, 6.07) is 0. The third kappa shape index (κ3) is 3.16. The Balaban J connectivity index is 0.000000810. The molecule has 0 spiro atoms. The van der Waals surface area contributed by atoms with Gasteiger partial charge in [0.1, 0.15) is 0 Å². The number of hydrogen-bond donors (Lipinski definition) is 0. The molecule has 1 aliphatic heterocycles. The van der Waals surface area contributed by atoms with Crippen LogP contribution in [0.15, 0.2) is 0 Å². The maximum absolute atomic E-state index is 4.03. The van der Waals surface area contributed by atoms with E-state index in [1.807, 2.05) is 0 Å². The summed E-state index contributed by atoms with van der Waals surface area (Å²) in [6.45, 7) is 10.3. The summed E-state index contributed by atoms with van der Waals surface area (Å²) in [5.41, 5.74) is 0.0764. The Labute approximate surface area is 78.4 Å². The third-order valence-electron chi connectivity index (χ3n) is 1.85. The topological polar surface area (TPSA) is 3.24 Å². The molecule has 0 radical (unpaired) electrons. The maximum Gasteiger partial charge on any atom is 2.00 e. The van der Waals surface area contributed by atoms with Crippen LogP contribution < -0.4 is 0 Å². The molecule has 1 saturated heterocycles. The molecular weight excluding hydrogens is 294 g/mol. The molecule has 0 aromatic carbocycles. The second-order valence-corrected chi connectivity index (χ2v) is 3.34. The van der Waals surface area contributed by atoms with Gasteiger partial charge >= 0.3 is 21.1 Å². The molecule has 0 saturated carbocycles. The van der Waals surface area contributed by atoms with E-state index in [0.717, 1.165) is 6.54 Å². The van der Waals surface area contributed by atoms with Crippen molar-refractivity contribution in [3.05, 3.63) is 13.8 Å². The summed E-state index contributed by atoms with van der Waals surface area (Å²) in [6.07, 6.45) is 2.43. The van der Waals surface area contributed by atoms with Crippen molar-refractivity contribution in [1.29, 1.82) is 0 Å². The molecule has 1 heterocycles. The van der Waals surface area contributed by atoms with Gasteiger partial charge in [-0.2, -0.15) is 0 Å². The minimum absolute atomic E-state index is 0. The van der Waals surface area contributed by atoms with Gasteiger partial charge < -0.3 is 18.7 Å². The van der Waals surface area contributed by atoms with E-state index >= 15 is 0 Å². The SMILES string of the molecule is [CH2-]C1([CH2-])CCCN(C)C1.[W+2]. The van der Waals surface area contributed by atoms with Gasteiger partial charge in [0.15, 0.2) is 0 Å². The summed E-state index contributed by atoms with van der Waals surface area (Å²) in [5.74, 6) is 0. The van der Waals surface area contributed by atoms with Crippen molar-refractivity contribution in [2.45, 2.75) is 12.8 Å². The van der Waals surface area contributed by atoms with Gasteiger partial charge in [-0.1, -0.05) is 13.0 Å². The molecule has 0 atom stereocenters. The van der Waals surface area contributed by atoms with Gasteiger partial charge in [0, 0.05) is 0 Å². The Bertz CT molecular complexity index is 101. The van der Waals surface area contributed by atoms with Crippen molar-refractivity contribution in [3.8, 4) is 0 Å². The standard InChI is InChI=1S/C8H15N.W/c1-8(2)5-4-6-9(3)7-8;/h1-2,4-7H2,3H3;/q-2;+2. The predicted molar refractivity (Wildman–Crippen MR) is 39.9 cm³/mol. The molecule has 1 rings (SSSR count). The zero-order valence-electron chi connectivity index (χ0n) is 6.60. The average Bonchev–Trinajstić information content (AvgIpc) is 1.60. The molecule has 0 bridgehead atoms. The van der Waals surface area contributed by atoms with Crippen LogP contribution in [0.5, 0.6) is 0 Å². The van der Waals surface area contributed by atoms with Gasteiger partial charge in [0.2, 0.25) is 0 Å². The fourth-order valence-corrected chi connectivity index (χ4v) is 1.45. The summed E-state index contributed by atoms with van der Waals surface area (Å²) < 4.78 is 0. The Kier molecular flexibility index (Phi) is 4.13. The fourth-order valence-electron chi connectivity index (χ4n) is 1.45. The molecule has 10 heavy (non-hydrogen) atoms. The van der Waals surface area contributed by atoms with Crippen LogP contribution in [-0.2, 0) is 21.1 Å². The summed E-state index contributed by atoms with van der Waals surface area (Å²) in [5, 5.41) is 0. The van der Waals surface area contributed by atoms with Crippen LogP contribution in [0.4, 0.5) is 0 Å². The van der Waals surface area contributed by atoms with E-state index in [0.29, 0.717) is 0 Å². The van der Waals surface area contributed by atoms with E-state index in [1.54, 1.807) is 0 Å². The van der Waals surface area contributed by atoms with E-state index in [1.165, 1.54) is 19.4 Å². The molecule has 0 aromatic rings. The molecule has 0 aromatic heterocycles. The second-order valence-electron chi connectivity index (χ2n) is 3.34. The first-order valence-electron chi connectivity index (χ1n) is 3.49. The van der Waals surface area contributed by atoms with Gasteiger partial charge in [-0.05, 0) is 20.0 Å². The zero-order valence-corrected chi connectivity index (χ0v) is 9.53. The van der Waals surface area contributed by atoms with Crippen LogP contribution in [0, 0.1) is 19.3 Å². The second kappa shape index (κ2) is 3.87. The molecule has 1 fully saturated rings.